The molecule has 0 atom stereocenters. The second-order valence-electron chi connectivity index (χ2n) is 3.68. The van der Waals surface area contributed by atoms with Crippen LogP contribution in [0, 0.1) is 17.5 Å². The summed E-state index contributed by atoms with van der Waals surface area (Å²) in [7, 11) is 0. The van der Waals surface area contributed by atoms with E-state index in [1.165, 1.54) is 18.2 Å². The van der Waals surface area contributed by atoms with E-state index in [1.54, 1.807) is 0 Å². The van der Waals surface area contributed by atoms with Crippen molar-refractivity contribution in [2.24, 2.45) is 0 Å². The lowest BCUT2D eigenvalue weighted by Crippen LogP contribution is -2.15. The van der Waals surface area contributed by atoms with Crippen LogP contribution in [0.1, 0.15) is 10.4 Å². The number of nitrogens with one attached hydrogen (secondary N) is 1. The molecule has 0 aliphatic carbocycles. The van der Waals surface area contributed by atoms with E-state index in [1.807, 2.05) is 0 Å². The molecule has 6 heteroatoms. The molecule has 1 amide bonds. The quantitative estimate of drug-likeness (QED) is 0.887. The van der Waals surface area contributed by atoms with Crippen molar-refractivity contribution in [1.29, 1.82) is 0 Å². The Hall–Kier alpha value is -2.01. The topological polar surface area (TPSA) is 29.1 Å². The summed E-state index contributed by atoms with van der Waals surface area (Å²) < 4.78 is 39.8. The van der Waals surface area contributed by atoms with E-state index < -0.39 is 28.9 Å². The summed E-state index contributed by atoms with van der Waals surface area (Å²) >= 11 is 5.55. The molecule has 2 rings (SSSR count). The highest BCUT2D eigenvalue weighted by molar-refractivity contribution is 6.30. The van der Waals surface area contributed by atoms with E-state index in [0.717, 1.165) is 18.2 Å². The van der Waals surface area contributed by atoms with Gasteiger partial charge in [-0.15, -0.1) is 0 Å². The third kappa shape index (κ3) is 2.88. The van der Waals surface area contributed by atoms with E-state index in [9.17, 15) is 18.0 Å². The van der Waals surface area contributed by atoms with E-state index in [0.29, 0.717) is 0 Å². The maximum absolute atomic E-state index is 13.4. The molecule has 19 heavy (non-hydrogen) atoms. The molecule has 0 aliphatic heterocycles. The lowest BCUT2D eigenvalue weighted by molar-refractivity contribution is 0.102. The predicted octanol–water partition coefficient (Wildman–Crippen LogP) is 4.01. The molecule has 0 saturated heterocycles. The lowest BCUT2D eigenvalue weighted by atomic mass is 10.2. The van der Waals surface area contributed by atoms with Crippen LogP contribution in [0.4, 0.5) is 18.9 Å². The molecule has 1 N–H and O–H groups in total. The largest absolute Gasteiger partial charge is 0.319 e. The minimum Gasteiger partial charge on any atom is -0.319 e. The normalized spacial score (nSPS) is 10.3. The zero-order chi connectivity index (χ0) is 14.0. The Balaban J connectivity index is 2.28. The molecule has 2 aromatic rings. The molecular formula is C13H7ClF3NO. The molecule has 0 saturated carbocycles. The van der Waals surface area contributed by atoms with Gasteiger partial charge in [0, 0.05) is 5.02 Å². The number of halogens is 4. The first-order chi connectivity index (χ1) is 8.99. The van der Waals surface area contributed by atoms with Crippen LogP contribution in [-0.4, -0.2) is 5.91 Å². The van der Waals surface area contributed by atoms with Crippen LogP contribution < -0.4 is 5.32 Å². The first kappa shape index (κ1) is 13.4. The van der Waals surface area contributed by atoms with Gasteiger partial charge in [0.2, 0.25) is 0 Å². The number of benzene rings is 2. The Morgan fingerprint density at radius 2 is 1.79 bits per heavy atom. The van der Waals surface area contributed by atoms with E-state index in [4.69, 9.17) is 11.6 Å². The molecule has 2 nitrogen and oxygen atoms in total. The van der Waals surface area contributed by atoms with E-state index in [2.05, 4.69) is 5.32 Å². The summed E-state index contributed by atoms with van der Waals surface area (Å²) in [6.07, 6.45) is 0. The van der Waals surface area contributed by atoms with Crippen molar-refractivity contribution in [3.8, 4) is 0 Å². The molecule has 0 unspecified atom stereocenters. The zero-order valence-corrected chi connectivity index (χ0v) is 10.1. The van der Waals surface area contributed by atoms with Crippen molar-refractivity contribution < 1.29 is 18.0 Å². The Kier molecular flexibility index (Phi) is 3.76. The summed E-state index contributed by atoms with van der Waals surface area (Å²) in [6.45, 7) is 0. The van der Waals surface area contributed by atoms with Gasteiger partial charge in [-0.3, -0.25) is 4.79 Å². The highest BCUT2D eigenvalue weighted by atomic mass is 35.5. The van der Waals surface area contributed by atoms with Crippen molar-refractivity contribution in [3.63, 3.8) is 0 Å². The van der Waals surface area contributed by atoms with Crippen LogP contribution in [0.2, 0.25) is 5.02 Å². The van der Waals surface area contributed by atoms with Gasteiger partial charge >= 0.3 is 0 Å². The van der Waals surface area contributed by atoms with E-state index in [-0.39, 0.29) is 10.7 Å². The van der Waals surface area contributed by atoms with Gasteiger partial charge in [-0.05, 0) is 30.3 Å². The highest BCUT2D eigenvalue weighted by Gasteiger charge is 2.16. The molecule has 0 spiro atoms. The number of hydrogen-bond donors (Lipinski definition) is 1. The fourth-order valence-electron chi connectivity index (χ4n) is 1.46. The number of amides is 1. The molecule has 0 aliphatic rings. The molecule has 0 radical (unpaired) electrons. The van der Waals surface area contributed by atoms with Gasteiger partial charge in [0.05, 0.1) is 11.3 Å². The smallest absolute Gasteiger partial charge is 0.258 e. The highest BCUT2D eigenvalue weighted by Crippen LogP contribution is 2.20. The van der Waals surface area contributed by atoms with Crippen molar-refractivity contribution in [3.05, 3.63) is 64.4 Å². The van der Waals surface area contributed by atoms with Gasteiger partial charge in [0.25, 0.3) is 5.91 Å². The first-order valence-corrected chi connectivity index (χ1v) is 5.57. The van der Waals surface area contributed by atoms with Crippen molar-refractivity contribution in [1.82, 2.24) is 0 Å². The van der Waals surface area contributed by atoms with Crippen LogP contribution in [0.15, 0.2) is 36.4 Å². The second-order valence-corrected chi connectivity index (χ2v) is 4.12. The Bertz CT molecular complexity index is 646. The van der Waals surface area contributed by atoms with Gasteiger partial charge < -0.3 is 5.32 Å². The van der Waals surface area contributed by atoms with Crippen LogP contribution in [0.3, 0.4) is 0 Å². The van der Waals surface area contributed by atoms with Crippen LogP contribution in [0.25, 0.3) is 0 Å². The summed E-state index contributed by atoms with van der Waals surface area (Å²) in [5, 5.41) is 2.30. The van der Waals surface area contributed by atoms with Gasteiger partial charge in [-0.2, -0.15) is 0 Å². The molecule has 0 heterocycles. The van der Waals surface area contributed by atoms with Gasteiger partial charge in [0.15, 0.2) is 11.6 Å². The Morgan fingerprint density at radius 1 is 1.05 bits per heavy atom. The fourth-order valence-corrected chi connectivity index (χ4v) is 1.62. The number of carbonyl (C=O) groups excluding carboxylic acids is 1. The summed E-state index contributed by atoms with van der Waals surface area (Å²) in [6, 6.07) is 6.76. The molecule has 0 aromatic heterocycles. The third-order valence-corrected chi connectivity index (χ3v) is 2.61. The minimum atomic E-state index is -1.28. The summed E-state index contributed by atoms with van der Waals surface area (Å²) in [5.41, 5.74) is -0.674. The number of rotatable bonds is 2. The predicted molar refractivity (Wildman–Crippen MR) is 65.7 cm³/mol. The first-order valence-electron chi connectivity index (χ1n) is 5.19. The average molecular weight is 286 g/mol. The monoisotopic (exact) mass is 285 g/mol. The Morgan fingerprint density at radius 3 is 2.47 bits per heavy atom. The number of anilines is 1. The number of hydrogen-bond acceptors (Lipinski definition) is 1. The molecule has 0 bridgehead atoms. The standard InChI is InChI=1S/C13H7ClF3NO/c14-7-4-5-11(10(16)6-7)18-13(19)8-2-1-3-9(15)12(8)17/h1-6H,(H,18,19). The van der Waals surface area contributed by atoms with E-state index >= 15 is 0 Å². The van der Waals surface area contributed by atoms with Crippen molar-refractivity contribution in [2.75, 3.05) is 5.32 Å². The van der Waals surface area contributed by atoms with Gasteiger partial charge in [-0.25, -0.2) is 13.2 Å². The summed E-state index contributed by atoms with van der Waals surface area (Å²) in [5.74, 6) is -4.14. The van der Waals surface area contributed by atoms with Crippen LogP contribution >= 0.6 is 11.6 Å². The maximum atomic E-state index is 13.4. The molecule has 2 aromatic carbocycles. The fraction of sp³-hybridized carbons (Fsp3) is 0. The summed E-state index contributed by atoms with van der Waals surface area (Å²) in [4.78, 5) is 11.7. The average Bonchev–Trinajstić information content (AvgIpc) is 2.36. The van der Waals surface area contributed by atoms with Gasteiger partial charge in [-0.1, -0.05) is 17.7 Å². The van der Waals surface area contributed by atoms with Gasteiger partial charge in [0.1, 0.15) is 5.82 Å². The third-order valence-electron chi connectivity index (χ3n) is 2.38. The van der Waals surface area contributed by atoms with Crippen LogP contribution in [0.5, 0.6) is 0 Å². The van der Waals surface area contributed by atoms with Crippen LogP contribution in [-0.2, 0) is 0 Å². The maximum Gasteiger partial charge on any atom is 0.258 e. The molecular weight excluding hydrogens is 279 g/mol. The van der Waals surface area contributed by atoms with Crippen molar-refractivity contribution >= 4 is 23.2 Å². The minimum absolute atomic E-state index is 0.160. The molecule has 98 valence electrons. The zero-order valence-electron chi connectivity index (χ0n) is 9.38. The second kappa shape index (κ2) is 5.32. The lowest BCUT2D eigenvalue weighted by Gasteiger charge is -2.07. The SMILES string of the molecule is O=C(Nc1ccc(Cl)cc1F)c1cccc(F)c1F. The number of carbonyl (C=O) groups is 1. The Labute approximate surface area is 111 Å². The molecule has 0 fully saturated rings. The van der Waals surface area contributed by atoms with Crippen molar-refractivity contribution in [2.45, 2.75) is 0 Å².